The van der Waals surface area contributed by atoms with Gasteiger partial charge in [0.2, 0.25) is 11.8 Å². The minimum absolute atomic E-state index is 0.0697. The number of carbonyl (C=O) groups is 3. The summed E-state index contributed by atoms with van der Waals surface area (Å²) in [6.07, 6.45) is 4.54. The van der Waals surface area contributed by atoms with E-state index in [0.29, 0.717) is 22.8 Å². The quantitative estimate of drug-likeness (QED) is 0.759. The Kier molecular flexibility index (Phi) is 4.24. The van der Waals surface area contributed by atoms with Crippen LogP contribution in [0.25, 0.3) is 0 Å². The zero-order valence-electron chi connectivity index (χ0n) is 14.0. The molecule has 0 saturated heterocycles. The summed E-state index contributed by atoms with van der Waals surface area (Å²) in [7, 11) is 0. The average molecular weight is 355 g/mol. The van der Waals surface area contributed by atoms with Crippen molar-refractivity contribution in [3.05, 3.63) is 47.2 Å². The van der Waals surface area contributed by atoms with Crippen LogP contribution in [-0.4, -0.2) is 33.0 Å². The standard InChI is InChI=1S/C18H17N3O5/c22-15(10-9-14-19-20-16(25-14)11-5-1-2-6-11)26-21-17(23)12-7-3-4-8-13(12)18(21)24/h3-4,7-8,11H,1-2,5-6,9-10H2. The third-order valence-corrected chi connectivity index (χ3v) is 4.68. The lowest BCUT2D eigenvalue weighted by molar-refractivity contribution is -0.168. The molecule has 1 aromatic carbocycles. The fourth-order valence-corrected chi connectivity index (χ4v) is 3.31. The molecule has 134 valence electrons. The van der Waals surface area contributed by atoms with Crippen LogP contribution in [0.1, 0.15) is 70.5 Å². The van der Waals surface area contributed by atoms with E-state index < -0.39 is 17.8 Å². The van der Waals surface area contributed by atoms with Crippen molar-refractivity contribution >= 4 is 17.8 Å². The molecule has 0 radical (unpaired) electrons. The zero-order valence-corrected chi connectivity index (χ0v) is 14.0. The topological polar surface area (TPSA) is 103 Å². The van der Waals surface area contributed by atoms with Gasteiger partial charge in [0.25, 0.3) is 11.8 Å². The Morgan fingerprint density at radius 3 is 2.42 bits per heavy atom. The number of aryl methyl sites for hydroxylation is 1. The smallest absolute Gasteiger partial charge is 0.333 e. The molecule has 1 saturated carbocycles. The van der Waals surface area contributed by atoms with Gasteiger partial charge in [-0.25, -0.2) is 4.79 Å². The minimum Gasteiger partial charge on any atom is -0.425 e. The van der Waals surface area contributed by atoms with Crippen molar-refractivity contribution in [3.63, 3.8) is 0 Å². The van der Waals surface area contributed by atoms with Crippen molar-refractivity contribution < 1.29 is 23.6 Å². The molecule has 1 fully saturated rings. The number of hydrogen-bond acceptors (Lipinski definition) is 7. The van der Waals surface area contributed by atoms with Gasteiger partial charge >= 0.3 is 5.97 Å². The Balaban J connectivity index is 1.34. The van der Waals surface area contributed by atoms with Crippen LogP contribution in [0.4, 0.5) is 0 Å². The zero-order chi connectivity index (χ0) is 18.1. The third-order valence-electron chi connectivity index (χ3n) is 4.68. The van der Waals surface area contributed by atoms with Crippen LogP contribution in [-0.2, 0) is 16.1 Å². The average Bonchev–Trinajstić information content (AvgIpc) is 3.38. The molecule has 1 aliphatic carbocycles. The number of nitrogens with zero attached hydrogens (tertiary/aromatic N) is 3. The SMILES string of the molecule is O=C(CCc1nnc(C2CCCC2)o1)ON1C(=O)c2ccccc2C1=O. The fourth-order valence-electron chi connectivity index (χ4n) is 3.31. The van der Waals surface area contributed by atoms with Gasteiger partial charge in [0.15, 0.2) is 0 Å². The molecule has 2 aliphatic rings. The first-order chi connectivity index (χ1) is 12.6. The molecule has 0 bridgehead atoms. The van der Waals surface area contributed by atoms with Crippen LogP contribution in [0.5, 0.6) is 0 Å². The Morgan fingerprint density at radius 2 is 1.77 bits per heavy atom. The second kappa shape index (κ2) is 6.70. The molecule has 0 atom stereocenters. The predicted molar refractivity (Wildman–Crippen MR) is 86.9 cm³/mol. The molecule has 8 heteroatoms. The van der Waals surface area contributed by atoms with Crippen LogP contribution in [0, 0.1) is 0 Å². The number of amides is 2. The summed E-state index contributed by atoms with van der Waals surface area (Å²) < 4.78 is 5.60. The number of fused-ring (bicyclic) bond motifs is 1. The molecule has 26 heavy (non-hydrogen) atoms. The van der Waals surface area contributed by atoms with Gasteiger partial charge in [-0.2, -0.15) is 0 Å². The Morgan fingerprint density at radius 1 is 1.12 bits per heavy atom. The van der Waals surface area contributed by atoms with Gasteiger partial charge in [-0.05, 0) is 25.0 Å². The first kappa shape index (κ1) is 16.4. The first-order valence-electron chi connectivity index (χ1n) is 8.64. The molecule has 0 unspecified atom stereocenters. The molecule has 1 aromatic heterocycles. The number of hydrogen-bond donors (Lipinski definition) is 0. The van der Waals surface area contributed by atoms with E-state index in [0.717, 1.165) is 25.7 Å². The van der Waals surface area contributed by atoms with Crippen LogP contribution in [0.3, 0.4) is 0 Å². The summed E-state index contributed by atoms with van der Waals surface area (Å²) >= 11 is 0. The number of rotatable bonds is 5. The maximum Gasteiger partial charge on any atom is 0.333 e. The van der Waals surface area contributed by atoms with Crippen LogP contribution < -0.4 is 0 Å². The number of aromatic nitrogens is 2. The van der Waals surface area contributed by atoms with E-state index in [1.165, 1.54) is 12.1 Å². The molecule has 0 spiro atoms. The van der Waals surface area contributed by atoms with Gasteiger partial charge in [-0.1, -0.05) is 30.0 Å². The van der Waals surface area contributed by atoms with Gasteiger partial charge < -0.3 is 9.25 Å². The third kappa shape index (κ3) is 2.98. The summed E-state index contributed by atoms with van der Waals surface area (Å²) in [6.45, 7) is 0. The lowest BCUT2D eigenvalue weighted by atomic mass is 10.1. The van der Waals surface area contributed by atoms with Crippen molar-refractivity contribution in [2.45, 2.75) is 44.4 Å². The Labute approximate surface area is 149 Å². The molecular weight excluding hydrogens is 338 g/mol. The summed E-state index contributed by atoms with van der Waals surface area (Å²) in [5.41, 5.74) is 0.451. The lowest BCUT2D eigenvalue weighted by Crippen LogP contribution is -2.32. The van der Waals surface area contributed by atoms with Crippen LogP contribution >= 0.6 is 0 Å². The highest BCUT2D eigenvalue weighted by Gasteiger charge is 2.38. The molecule has 8 nitrogen and oxygen atoms in total. The monoisotopic (exact) mass is 355 g/mol. The summed E-state index contributed by atoms with van der Waals surface area (Å²) in [5.74, 6) is -0.709. The second-order valence-electron chi connectivity index (χ2n) is 6.43. The molecule has 2 heterocycles. The number of benzene rings is 1. The summed E-state index contributed by atoms with van der Waals surface area (Å²) in [5, 5.41) is 8.50. The highest BCUT2D eigenvalue weighted by atomic mass is 16.7. The van der Waals surface area contributed by atoms with E-state index in [4.69, 9.17) is 9.25 Å². The summed E-state index contributed by atoms with van der Waals surface area (Å²) in [6, 6.07) is 6.33. The first-order valence-corrected chi connectivity index (χ1v) is 8.64. The molecule has 0 N–H and O–H groups in total. The molecule has 2 amide bonds. The van der Waals surface area contributed by atoms with Gasteiger partial charge in [0.05, 0.1) is 17.5 Å². The van der Waals surface area contributed by atoms with E-state index in [2.05, 4.69) is 10.2 Å². The van der Waals surface area contributed by atoms with E-state index >= 15 is 0 Å². The molecular formula is C18H17N3O5. The van der Waals surface area contributed by atoms with Gasteiger partial charge in [-0.15, -0.1) is 10.2 Å². The van der Waals surface area contributed by atoms with Crippen molar-refractivity contribution in [2.75, 3.05) is 0 Å². The van der Waals surface area contributed by atoms with Gasteiger partial charge in [-0.3, -0.25) is 9.59 Å². The molecule has 4 rings (SSSR count). The summed E-state index contributed by atoms with van der Waals surface area (Å²) in [4.78, 5) is 41.3. The van der Waals surface area contributed by atoms with E-state index in [1.54, 1.807) is 12.1 Å². The highest BCUT2D eigenvalue weighted by Crippen LogP contribution is 2.33. The highest BCUT2D eigenvalue weighted by molar-refractivity contribution is 6.20. The maximum atomic E-state index is 12.2. The van der Waals surface area contributed by atoms with Crippen molar-refractivity contribution in [2.24, 2.45) is 0 Å². The molecule has 1 aliphatic heterocycles. The van der Waals surface area contributed by atoms with Gasteiger partial charge in [0, 0.05) is 12.3 Å². The number of carbonyl (C=O) groups excluding carboxylic acids is 3. The second-order valence-corrected chi connectivity index (χ2v) is 6.43. The van der Waals surface area contributed by atoms with Crippen LogP contribution in [0.2, 0.25) is 0 Å². The number of hydroxylamine groups is 2. The maximum absolute atomic E-state index is 12.2. The predicted octanol–water partition coefficient (Wildman–Crippen LogP) is 2.41. The largest absolute Gasteiger partial charge is 0.425 e. The lowest BCUT2D eigenvalue weighted by Gasteiger charge is -2.12. The van der Waals surface area contributed by atoms with Crippen molar-refractivity contribution in [1.82, 2.24) is 15.3 Å². The molecule has 2 aromatic rings. The fraction of sp³-hybridized carbons (Fsp3) is 0.389. The Hall–Kier alpha value is -3.03. The Bertz CT molecular complexity index is 834. The minimum atomic E-state index is -0.708. The van der Waals surface area contributed by atoms with Crippen molar-refractivity contribution in [1.29, 1.82) is 0 Å². The van der Waals surface area contributed by atoms with E-state index in [9.17, 15) is 14.4 Å². The number of imide groups is 1. The van der Waals surface area contributed by atoms with Gasteiger partial charge in [0.1, 0.15) is 0 Å². The normalized spacial score (nSPS) is 17.0. The van der Waals surface area contributed by atoms with Crippen LogP contribution in [0.15, 0.2) is 28.7 Å². The van der Waals surface area contributed by atoms with E-state index in [-0.39, 0.29) is 24.0 Å². The van der Waals surface area contributed by atoms with E-state index in [1.807, 2.05) is 0 Å². The van der Waals surface area contributed by atoms with Crippen molar-refractivity contribution in [3.8, 4) is 0 Å².